The van der Waals surface area contributed by atoms with E-state index >= 15 is 0 Å². The summed E-state index contributed by atoms with van der Waals surface area (Å²) in [6.45, 7) is 3.11. The molecule has 0 saturated carbocycles. The van der Waals surface area contributed by atoms with Crippen LogP contribution in [-0.4, -0.2) is 36.5 Å². The third kappa shape index (κ3) is 16.2. The van der Waals surface area contributed by atoms with Crippen molar-refractivity contribution in [2.24, 2.45) is 0 Å². The number of rotatable bonds is 7. The van der Waals surface area contributed by atoms with Crippen molar-refractivity contribution < 1.29 is 123 Å². The second-order valence-corrected chi connectivity index (χ2v) is 2.68. The van der Waals surface area contributed by atoms with Crippen LogP contribution in [0.25, 0.3) is 0 Å². The molecule has 5 nitrogen and oxygen atoms in total. The summed E-state index contributed by atoms with van der Waals surface area (Å²) >= 11 is 0. The molecule has 0 aromatic heterocycles. The quantitative estimate of drug-likeness (QED) is 0.427. The summed E-state index contributed by atoms with van der Waals surface area (Å²) in [7, 11) is 0. The van der Waals surface area contributed by atoms with Gasteiger partial charge in [-0.15, -0.1) is 0 Å². The minimum atomic E-state index is -1.12. The van der Waals surface area contributed by atoms with Crippen LogP contribution in [0.2, 0.25) is 0 Å². The largest absolute Gasteiger partial charge is 1.00 e. The normalized spacial score (nSPS) is 8.93. The molecule has 0 aliphatic rings. The molecule has 0 aromatic carbocycles. The van der Waals surface area contributed by atoms with Gasteiger partial charge in [0.2, 0.25) is 0 Å². The molecule has 0 saturated heterocycles. The molecule has 0 heterocycles. The SMILES string of the molecule is CCN(CCC(=O)[O-])CCC(=O)[O-].[K+].[K+]. The number of carbonyl (C=O) groups excluding carboxylic acids is 2. The van der Waals surface area contributed by atoms with E-state index in [-0.39, 0.29) is 116 Å². The molecule has 0 fully saturated rings. The van der Waals surface area contributed by atoms with Gasteiger partial charge in [0, 0.05) is 25.0 Å². The zero-order valence-corrected chi connectivity index (χ0v) is 15.9. The number of carbonyl (C=O) groups is 2. The van der Waals surface area contributed by atoms with Gasteiger partial charge in [0.15, 0.2) is 0 Å². The first-order valence-corrected chi connectivity index (χ1v) is 4.18. The van der Waals surface area contributed by atoms with Crippen LogP contribution in [0.4, 0.5) is 0 Å². The zero-order chi connectivity index (χ0) is 10.3. The first-order valence-electron chi connectivity index (χ1n) is 4.18. The van der Waals surface area contributed by atoms with Crippen LogP contribution < -0.4 is 113 Å². The average Bonchev–Trinajstić information content (AvgIpc) is 2.04. The molecule has 0 N–H and O–H groups in total. The monoisotopic (exact) mass is 265 g/mol. The second-order valence-electron chi connectivity index (χ2n) is 2.68. The Labute approximate surface area is 175 Å². The molecule has 0 bridgehead atoms. The number of hydrogen-bond acceptors (Lipinski definition) is 5. The van der Waals surface area contributed by atoms with E-state index in [0.717, 1.165) is 0 Å². The van der Waals surface area contributed by atoms with E-state index in [0.29, 0.717) is 19.6 Å². The molecule has 0 amide bonds. The Balaban J connectivity index is -0.000000720. The number of carboxylic acids is 2. The first-order chi connectivity index (χ1) is 6.06. The average molecular weight is 265 g/mol. The van der Waals surface area contributed by atoms with E-state index in [1.54, 1.807) is 4.90 Å². The molecule has 0 unspecified atom stereocenters. The molecule has 7 heteroatoms. The maximum Gasteiger partial charge on any atom is 1.00 e. The molecule has 15 heavy (non-hydrogen) atoms. The van der Waals surface area contributed by atoms with Crippen LogP contribution in [0.3, 0.4) is 0 Å². The van der Waals surface area contributed by atoms with Gasteiger partial charge >= 0.3 is 103 Å². The second kappa shape index (κ2) is 14.2. The van der Waals surface area contributed by atoms with Crippen LogP contribution in [0.15, 0.2) is 0 Å². The van der Waals surface area contributed by atoms with Crippen molar-refractivity contribution in [1.82, 2.24) is 4.90 Å². The summed E-state index contributed by atoms with van der Waals surface area (Å²) in [5, 5.41) is 20.2. The predicted molar refractivity (Wildman–Crippen MR) is 41.4 cm³/mol. The van der Waals surface area contributed by atoms with Gasteiger partial charge in [-0.1, -0.05) is 6.92 Å². The summed E-state index contributed by atoms with van der Waals surface area (Å²) in [6, 6.07) is 0. The topological polar surface area (TPSA) is 83.5 Å². The maximum atomic E-state index is 10.1. The Kier molecular flexibility index (Phi) is 21.2. The minimum absolute atomic E-state index is 0. The van der Waals surface area contributed by atoms with Crippen molar-refractivity contribution in [1.29, 1.82) is 0 Å². The number of hydrogen-bond donors (Lipinski definition) is 0. The van der Waals surface area contributed by atoms with Gasteiger partial charge < -0.3 is 24.7 Å². The number of nitrogens with zero attached hydrogens (tertiary/aromatic N) is 1. The van der Waals surface area contributed by atoms with Crippen molar-refractivity contribution >= 4 is 11.9 Å². The van der Waals surface area contributed by atoms with Gasteiger partial charge in [0.25, 0.3) is 0 Å². The first kappa shape index (κ1) is 22.4. The molecular formula is C8H13K2NO4. The zero-order valence-electron chi connectivity index (χ0n) is 9.62. The Morgan fingerprint density at radius 2 is 1.33 bits per heavy atom. The van der Waals surface area contributed by atoms with Crippen LogP contribution in [0.1, 0.15) is 19.8 Å². The van der Waals surface area contributed by atoms with Crippen molar-refractivity contribution in [2.45, 2.75) is 19.8 Å². The fraction of sp³-hybridized carbons (Fsp3) is 0.750. The predicted octanol–water partition coefficient (Wildman–Crippen LogP) is -8.40. The molecule has 0 rings (SSSR count). The van der Waals surface area contributed by atoms with E-state index in [4.69, 9.17) is 0 Å². The third-order valence-corrected chi connectivity index (χ3v) is 1.71. The van der Waals surface area contributed by atoms with Gasteiger partial charge in [-0.3, -0.25) is 0 Å². The molecule has 0 aromatic rings. The van der Waals surface area contributed by atoms with Crippen LogP contribution in [-0.2, 0) is 9.59 Å². The minimum Gasteiger partial charge on any atom is -0.550 e. The van der Waals surface area contributed by atoms with E-state index in [2.05, 4.69) is 0 Å². The molecule has 0 aliphatic heterocycles. The van der Waals surface area contributed by atoms with Crippen molar-refractivity contribution in [2.75, 3.05) is 19.6 Å². The van der Waals surface area contributed by atoms with E-state index < -0.39 is 11.9 Å². The van der Waals surface area contributed by atoms with Crippen molar-refractivity contribution in [3.05, 3.63) is 0 Å². The van der Waals surface area contributed by atoms with E-state index in [9.17, 15) is 19.8 Å². The Bertz CT molecular complexity index is 171. The van der Waals surface area contributed by atoms with Crippen LogP contribution in [0.5, 0.6) is 0 Å². The van der Waals surface area contributed by atoms with Gasteiger partial charge in [-0.25, -0.2) is 0 Å². The maximum absolute atomic E-state index is 10.1. The summed E-state index contributed by atoms with van der Waals surface area (Å²) in [5.74, 6) is -2.24. The molecule has 0 aliphatic carbocycles. The van der Waals surface area contributed by atoms with Gasteiger partial charge in [-0.05, 0) is 19.4 Å². The standard InChI is InChI=1S/C8H15NO4.2K/c1-2-9(5-3-7(10)11)6-4-8(12)13;;/h2-6H2,1H3,(H,10,11)(H,12,13);;/q;2*+1/p-2. The van der Waals surface area contributed by atoms with E-state index in [1.807, 2.05) is 6.92 Å². The summed E-state index contributed by atoms with van der Waals surface area (Å²) in [6.07, 6.45) is -0.137. The smallest absolute Gasteiger partial charge is 0.550 e. The van der Waals surface area contributed by atoms with E-state index in [1.165, 1.54) is 0 Å². The Morgan fingerprint density at radius 1 is 1.00 bits per heavy atom. The molecule has 0 atom stereocenters. The van der Waals surface area contributed by atoms with Gasteiger partial charge in [-0.2, -0.15) is 0 Å². The molecule has 0 spiro atoms. The fourth-order valence-corrected chi connectivity index (χ4v) is 0.927. The van der Waals surface area contributed by atoms with Crippen molar-refractivity contribution in [3.8, 4) is 0 Å². The van der Waals surface area contributed by atoms with Crippen molar-refractivity contribution in [3.63, 3.8) is 0 Å². The Hall–Kier alpha value is 2.17. The molecule has 76 valence electrons. The summed E-state index contributed by atoms with van der Waals surface area (Å²) < 4.78 is 0. The summed E-state index contributed by atoms with van der Waals surface area (Å²) in [5.41, 5.74) is 0. The number of aliphatic carboxylic acids is 2. The fourth-order valence-electron chi connectivity index (χ4n) is 0.927. The third-order valence-electron chi connectivity index (χ3n) is 1.71. The summed E-state index contributed by atoms with van der Waals surface area (Å²) in [4.78, 5) is 21.9. The Morgan fingerprint density at radius 3 is 1.53 bits per heavy atom. The van der Waals surface area contributed by atoms with Crippen LogP contribution in [0, 0.1) is 0 Å². The molecular weight excluding hydrogens is 252 g/mol. The van der Waals surface area contributed by atoms with Gasteiger partial charge in [0.05, 0.1) is 0 Å². The van der Waals surface area contributed by atoms with Crippen LogP contribution >= 0.6 is 0 Å². The number of carboxylic acid groups (broad SMARTS) is 2. The molecule has 0 radical (unpaired) electrons. The van der Waals surface area contributed by atoms with Gasteiger partial charge in [0.1, 0.15) is 0 Å².